The van der Waals surface area contributed by atoms with Crippen LogP contribution in [0.1, 0.15) is 96.6 Å². The van der Waals surface area contributed by atoms with Crippen LogP contribution in [0.25, 0.3) is 0 Å². The van der Waals surface area contributed by atoms with Crippen LogP contribution < -0.4 is 4.90 Å². The van der Waals surface area contributed by atoms with Crippen LogP contribution in [0.2, 0.25) is 0 Å². The van der Waals surface area contributed by atoms with Gasteiger partial charge in [0.05, 0.1) is 21.0 Å². The Balaban J connectivity index is 1.43. The van der Waals surface area contributed by atoms with Crippen LogP contribution in [-0.2, 0) is 60.4 Å². The van der Waals surface area contributed by atoms with Gasteiger partial charge in [-0.1, -0.05) is 31.1 Å². The minimum Gasteiger partial charge on any atom is -0.344 e. The second kappa shape index (κ2) is 17.6. The topological polar surface area (TPSA) is 233 Å². The number of carbonyl (C=O) groups excluding carboxylic acids is 3. The lowest BCUT2D eigenvalue weighted by atomic mass is 9.77. The largest absolute Gasteiger partial charge is 0.344 e. The fourth-order valence-electron chi connectivity index (χ4n) is 7.99. The summed E-state index contributed by atoms with van der Waals surface area (Å²) in [6.07, 6.45) is 11.5. The maximum absolute atomic E-state index is 12.4. The van der Waals surface area contributed by atoms with Crippen molar-refractivity contribution in [3.05, 3.63) is 83.6 Å². The SMILES string of the molecule is CC[N+]1=C(/C=C/C=C/C=C2/N(CCCCS(=O)(=O)O)c3ccc(S(=O)(=O)O)cc3C2(C)CCCCCC(=O)ON2C(=O)CCC2=O)C(C)(C)c2cc(S(=O)(=O)O)ccc21. The smallest absolute Gasteiger partial charge is 0.333 e. The predicted octanol–water partition coefficient (Wildman–Crippen LogP) is 5.58. The van der Waals surface area contributed by atoms with E-state index in [2.05, 4.69) is 4.58 Å². The fraction of sp³-hybridized carbons (Fsp3) is 0.450. The molecule has 2 amide bonds. The van der Waals surface area contributed by atoms with Crippen molar-refractivity contribution >= 4 is 65.2 Å². The van der Waals surface area contributed by atoms with Crippen molar-refractivity contribution in [1.82, 2.24) is 5.06 Å². The van der Waals surface area contributed by atoms with Crippen LogP contribution in [0.5, 0.6) is 0 Å². The molecule has 16 nitrogen and oxygen atoms in total. The molecule has 0 aliphatic carbocycles. The molecule has 1 saturated heterocycles. The van der Waals surface area contributed by atoms with Crippen LogP contribution in [0.4, 0.5) is 11.4 Å². The van der Waals surface area contributed by atoms with Gasteiger partial charge in [0.25, 0.3) is 42.2 Å². The lowest BCUT2D eigenvalue weighted by Gasteiger charge is -2.30. The minimum atomic E-state index is -4.59. The molecule has 320 valence electrons. The van der Waals surface area contributed by atoms with Gasteiger partial charge in [-0.3, -0.25) is 23.2 Å². The lowest BCUT2D eigenvalue weighted by Crippen LogP contribution is -2.32. The molecule has 2 aromatic rings. The highest BCUT2D eigenvalue weighted by molar-refractivity contribution is 7.86. The van der Waals surface area contributed by atoms with Gasteiger partial charge in [0.2, 0.25) is 5.69 Å². The van der Waals surface area contributed by atoms with E-state index in [1.165, 1.54) is 24.3 Å². The summed E-state index contributed by atoms with van der Waals surface area (Å²) in [5.74, 6) is -2.30. The third-order valence-electron chi connectivity index (χ3n) is 11.0. The first kappa shape index (κ1) is 45.6. The molecular formula is C40H50N3O13S3+. The number of anilines is 1. The molecule has 2 aromatic carbocycles. The summed E-state index contributed by atoms with van der Waals surface area (Å²) in [4.78, 5) is 42.5. The molecule has 1 atom stereocenters. The van der Waals surface area contributed by atoms with E-state index in [-0.39, 0.29) is 35.5 Å². The molecule has 19 heteroatoms. The Labute approximate surface area is 345 Å². The molecule has 3 heterocycles. The zero-order valence-corrected chi connectivity index (χ0v) is 35.8. The van der Waals surface area contributed by atoms with Crippen molar-refractivity contribution in [2.75, 3.05) is 23.7 Å². The number of hydrogen-bond acceptors (Lipinski definition) is 11. The fourth-order valence-corrected chi connectivity index (χ4v) is 9.58. The maximum atomic E-state index is 12.4. The quantitative estimate of drug-likeness (QED) is 0.0546. The van der Waals surface area contributed by atoms with E-state index in [0.717, 1.165) is 22.7 Å². The van der Waals surface area contributed by atoms with Crippen molar-refractivity contribution in [3.8, 4) is 0 Å². The number of benzene rings is 2. The van der Waals surface area contributed by atoms with Crippen molar-refractivity contribution in [2.24, 2.45) is 0 Å². The van der Waals surface area contributed by atoms with Crippen LogP contribution in [-0.4, -0.2) is 90.9 Å². The summed E-state index contributed by atoms with van der Waals surface area (Å²) in [5, 5.41) is 0.504. The molecule has 59 heavy (non-hydrogen) atoms. The number of carbonyl (C=O) groups is 3. The third-order valence-corrected chi connectivity index (χ3v) is 13.5. The van der Waals surface area contributed by atoms with E-state index in [0.29, 0.717) is 61.5 Å². The molecule has 3 aliphatic heterocycles. The number of hydroxylamine groups is 2. The molecule has 1 unspecified atom stereocenters. The van der Waals surface area contributed by atoms with Gasteiger partial charge < -0.3 is 9.74 Å². The van der Waals surface area contributed by atoms with Gasteiger partial charge in [-0.25, -0.2) is 4.79 Å². The molecule has 0 aromatic heterocycles. The van der Waals surface area contributed by atoms with E-state index in [1.807, 2.05) is 63.0 Å². The number of fused-ring (bicyclic) bond motifs is 2. The van der Waals surface area contributed by atoms with Gasteiger partial charge in [-0.05, 0) is 95.3 Å². The monoisotopic (exact) mass is 876 g/mol. The zero-order chi connectivity index (χ0) is 43.6. The number of imide groups is 1. The predicted molar refractivity (Wildman–Crippen MR) is 218 cm³/mol. The second-order valence-electron chi connectivity index (χ2n) is 15.4. The Bertz CT molecular complexity index is 2470. The zero-order valence-electron chi connectivity index (χ0n) is 33.3. The van der Waals surface area contributed by atoms with Crippen LogP contribution in [0.3, 0.4) is 0 Å². The first-order valence-corrected chi connectivity index (χ1v) is 23.7. The summed E-state index contributed by atoms with van der Waals surface area (Å²) in [6.45, 7) is 8.71. The van der Waals surface area contributed by atoms with Crippen LogP contribution in [0, 0.1) is 0 Å². The summed E-state index contributed by atoms with van der Waals surface area (Å²) in [6, 6.07) is 8.82. The Hall–Kier alpha value is -4.53. The van der Waals surface area contributed by atoms with E-state index in [1.54, 1.807) is 12.1 Å². The van der Waals surface area contributed by atoms with Gasteiger partial charge in [0, 0.05) is 60.3 Å². The van der Waals surface area contributed by atoms with E-state index in [4.69, 9.17) is 4.84 Å². The molecule has 3 N–H and O–H groups in total. The van der Waals surface area contributed by atoms with Gasteiger partial charge in [-0.15, -0.1) is 5.06 Å². The Morgan fingerprint density at radius 1 is 0.814 bits per heavy atom. The average molecular weight is 877 g/mol. The van der Waals surface area contributed by atoms with Gasteiger partial charge >= 0.3 is 5.97 Å². The van der Waals surface area contributed by atoms with Crippen molar-refractivity contribution in [2.45, 2.75) is 106 Å². The van der Waals surface area contributed by atoms with E-state index >= 15 is 0 Å². The molecule has 5 rings (SSSR count). The average Bonchev–Trinajstić information content (AvgIpc) is 3.67. The van der Waals surface area contributed by atoms with Crippen LogP contribution >= 0.6 is 0 Å². The Morgan fingerprint density at radius 3 is 2.05 bits per heavy atom. The molecular weight excluding hydrogens is 827 g/mol. The highest BCUT2D eigenvalue weighted by Gasteiger charge is 2.45. The summed E-state index contributed by atoms with van der Waals surface area (Å²) >= 11 is 0. The number of nitrogens with zero attached hydrogens (tertiary/aromatic N) is 3. The summed E-state index contributed by atoms with van der Waals surface area (Å²) in [5.41, 5.74) is 2.97. The lowest BCUT2D eigenvalue weighted by molar-refractivity contribution is -0.433. The normalized spacial score (nSPS) is 20.2. The van der Waals surface area contributed by atoms with Crippen LogP contribution in [0.15, 0.2) is 82.3 Å². The Morgan fingerprint density at radius 2 is 1.44 bits per heavy atom. The highest BCUT2D eigenvalue weighted by Crippen LogP contribution is 2.51. The molecule has 0 radical (unpaired) electrons. The van der Waals surface area contributed by atoms with Crippen molar-refractivity contribution in [1.29, 1.82) is 0 Å². The minimum absolute atomic E-state index is 0.0169. The van der Waals surface area contributed by atoms with E-state index < -0.39 is 64.7 Å². The van der Waals surface area contributed by atoms with Crippen molar-refractivity contribution in [3.63, 3.8) is 0 Å². The molecule has 3 aliphatic rings. The first-order chi connectivity index (χ1) is 27.5. The second-order valence-corrected chi connectivity index (χ2v) is 19.9. The molecule has 1 fully saturated rings. The number of rotatable bonds is 18. The third kappa shape index (κ3) is 10.3. The number of amides is 2. The van der Waals surface area contributed by atoms with Gasteiger partial charge in [0.15, 0.2) is 5.71 Å². The number of hydrogen-bond donors (Lipinski definition) is 3. The van der Waals surface area contributed by atoms with Gasteiger partial charge in [0.1, 0.15) is 6.54 Å². The molecule has 0 bridgehead atoms. The van der Waals surface area contributed by atoms with Crippen molar-refractivity contribution < 1.29 is 62.7 Å². The summed E-state index contributed by atoms with van der Waals surface area (Å²) in [7, 11) is -13.2. The maximum Gasteiger partial charge on any atom is 0.333 e. The number of unbranched alkanes of at least 4 members (excludes halogenated alkanes) is 3. The number of allylic oxidation sites excluding steroid dienone is 6. The molecule has 0 spiro atoms. The molecule has 0 saturated carbocycles. The first-order valence-electron chi connectivity index (χ1n) is 19.2. The van der Waals surface area contributed by atoms with E-state index in [9.17, 15) is 53.3 Å². The van der Waals surface area contributed by atoms with Gasteiger partial charge in [-0.2, -0.15) is 29.8 Å². The highest BCUT2D eigenvalue weighted by atomic mass is 32.2. The standard InChI is InChI=1S/C40H49N3O13S3/c1-5-41-32-19-17-28(58(50,51)52)26-30(32)39(2,3)34(41)14-8-6-9-15-35-40(4,23-11-7-10-16-38(46)56-43-36(44)21-22-37(43)45)31-27-29(59(53,54)55)18-20-33(31)42(35)24-12-13-25-57(47,48)49/h6,8-9,14-15,17-20,26-27H,5,7,10-13,16,21-25H2,1-4H3,(H2-,47,48,49,50,51,52,53,54,55)/p+1. The Kier molecular flexibility index (Phi) is 13.6. The summed E-state index contributed by atoms with van der Waals surface area (Å²) < 4.78 is 102.